The zero-order valence-corrected chi connectivity index (χ0v) is 24.2. The van der Waals surface area contributed by atoms with Gasteiger partial charge >= 0.3 is 12.3 Å². The van der Waals surface area contributed by atoms with E-state index in [1.807, 2.05) is 35.2 Å². The first kappa shape index (κ1) is 30.8. The van der Waals surface area contributed by atoms with Crippen molar-refractivity contribution in [1.29, 1.82) is 0 Å². The number of hydrogen-bond donors (Lipinski definition) is 1. The molecule has 1 heterocycles. The molecule has 1 atom stereocenters. The van der Waals surface area contributed by atoms with Crippen molar-refractivity contribution < 1.29 is 35.9 Å². The maximum atomic E-state index is 13.7. The van der Waals surface area contributed by atoms with Crippen molar-refractivity contribution in [3.8, 4) is 0 Å². The van der Waals surface area contributed by atoms with Crippen LogP contribution in [-0.2, 0) is 25.7 Å². The SMILES string of the molecule is CC(C)(C)OC(=O)N1CCN(C(=O)C2CCC(NS(=O)(=O)c3ccc(C(F)(F)F)cc3)CC2)[C@@H](c2ccccc2)C1. The lowest BCUT2D eigenvalue weighted by Gasteiger charge is -2.43. The Morgan fingerprint density at radius 2 is 1.51 bits per heavy atom. The first-order valence-corrected chi connectivity index (χ1v) is 15.2. The van der Waals surface area contributed by atoms with E-state index in [9.17, 15) is 31.2 Å². The summed E-state index contributed by atoms with van der Waals surface area (Å²) in [5, 5.41) is 0. The number of alkyl halides is 3. The molecular formula is C29H36F3N3O5S. The van der Waals surface area contributed by atoms with Crippen LogP contribution < -0.4 is 4.72 Å². The van der Waals surface area contributed by atoms with E-state index in [1.165, 1.54) is 0 Å². The number of nitrogens with one attached hydrogen (secondary N) is 1. The fourth-order valence-corrected chi connectivity index (χ4v) is 6.61. The number of rotatable bonds is 5. The van der Waals surface area contributed by atoms with Crippen LogP contribution in [-0.4, -0.2) is 61.5 Å². The zero-order valence-electron chi connectivity index (χ0n) is 23.4. The predicted octanol–water partition coefficient (Wildman–Crippen LogP) is 5.36. The molecule has 1 saturated carbocycles. The summed E-state index contributed by atoms with van der Waals surface area (Å²) in [7, 11) is -4.01. The molecule has 2 fully saturated rings. The van der Waals surface area contributed by atoms with Crippen LogP contribution in [0.15, 0.2) is 59.5 Å². The van der Waals surface area contributed by atoms with Crippen molar-refractivity contribution in [2.45, 2.75) is 75.2 Å². The Bertz CT molecular complexity index is 1320. The van der Waals surface area contributed by atoms with Gasteiger partial charge in [0, 0.05) is 31.6 Å². The van der Waals surface area contributed by atoms with Crippen LogP contribution in [0, 0.1) is 5.92 Å². The monoisotopic (exact) mass is 595 g/mol. The lowest BCUT2D eigenvalue weighted by molar-refractivity contribution is -0.142. The molecule has 0 unspecified atom stereocenters. The highest BCUT2D eigenvalue weighted by molar-refractivity contribution is 7.89. The lowest BCUT2D eigenvalue weighted by Crippen LogP contribution is -2.54. The molecule has 1 aliphatic carbocycles. The minimum atomic E-state index is -4.55. The van der Waals surface area contributed by atoms with Crippen LogP contribution in [0.1, 0.15) is 63.6 Å². The Hall–Kier alpha value is -3.12. The van der Waals surface area contributed by atoms with Crippen molar-refractivity contribution in [2.24, 2.45) is 5.92 Å². The number of sulfonamides is 1. The van der Waals surface area contributed by atoms with Gasteiger partial charge in [0.05, 0.1) is 16.5 Å². The maximum Gasteiger partial charge on any atom is 0.416 e. The van der Waals surface area contributed by atoms with Crippen LogP contribution in [0.4, 0.5) is 18.0 Å². The minimum Gasteiger partial charge on any atom is -0.444 e. The van der Waals surface area contributed by atoms with Crippen LogP contribution >= 0.6 is 0 Å². The van der Waals surface area contributed by atoms with Gasteiger partial charge in [0.25, 0.3) is 0 Å². The topological polar surface area (TPSA) is 96.0 Å². The summed E-state index contributed by atoms with van der Waals surface area (Å²) >= 11 is 0. The van der Waals surface area contributed by atoms with E-state index in [-0.39, 0.29) is 22.8 Å². The second kappa shape index (κ2) is 12.0. The third-order valence-electron chi connectivity index (χ3n) is 7.39. The van der Waals surface area contributed by atoms with Crippen molar-refractivity contribution in [3.05, 3.63) is 65.7 Å². The van der Waals surface area contributed by atoms with E-state index in [4.69, 9.17) is 4.74 Å². The molecule has 0 bridgehead atoms. The quantitative estimate of drug-likeness (QED) is 0.502. The smallest absolute Gasteiger partial charge is 0.416 e. The summed E-state index contributed by atoms with van der Waals surface area (Å²) in [5.74, 6) is -0.340. The number of carbonyl (C=O) groups excluding carboxylic acids is 2. The van der Waals surface area contributed by atoms with Gasteiger partial charge in [0.15, 0.2) is 0 Å². The fourth-order valence-electron chi connectivity index (χ4n) is 5.30. The van der Waals surface area contributed by atoms with Crippen LogP contribution in [0.2, 0.25) is 0 Å². The summed E-state index contributed by atoms with van der Waals surface area (Å²) in [6.45, 7) is 6.40. The van der Waals surface area contributed by atoms with E-state index < -0.39 is 39.5 Å². The molecule has 0 aromatic heterocycles. The van der Waals surface area contributed by atoms with Gasteiger partial charge in [-0.1, -0.05) is 30.3 Å². The minimum absolute atomic E-state index is 0.0354. The highest BCUT2D eigenvalue weighted by Gasteiger charge is 2.39. The number of halogens is 3. The number of carbonyl (C=O) groups is 2. The second-order valence-electron chi connectivity index (χ2n) is 11.6. The Kier molecular flexibility index (Phi) is 9.03. The summed E-state index contributed by atoms with van der Waals surface area (Å²) in [5.41, 5.74) is -0.651. The van der Waals surface area contributed by atoms with E-state index in [0.29, 0.717) is 45.3 Å². The number of piperazine rings is 1. The molecule has 1 aliphatic heterocycles. The molecule has 8 nitrogen and oxygen atoms in total. The molecular weight excluding hydrogens is 559 g/mol. The average Bonchev–Trinajstić information content (AvgIpc) is 2.92. The summed E-state index contributed by atoms with van der Waals surface area (Å²) < 4.78 is 72.2. The van der Waals surface area contributed by atoms with Gasteiger partial charge in [-0.15, -0.1) is 0 Å². The van der Waals surface area contributed by atoms with Crippen molar-refractivity contribution in [2.75, 3.05) is 19.6 Å². The summed E-state index contributed by atoms with van der Waals surface area (Å²) in [4.78, 5) is 29.7. The number of amides is 2. The third kappa shape index (κ3) is 7.79. The Balaban J connectivity index is 1.39. The van der Waals surface area contributed by atoms with Crippen molar-refractivity contribution in [3.63, 3.8) is 0 Å². The van der Waals surface area contributed by atoms with E-state index in [2.05, 4.69) is 4.72 Å². The molecule has 1 N–H and O–H groups in total. The largest absolute Gasteiger partial charge is 0.444 e. The van der Waals surface area contributed by atoms with Gasteiger partial charge in [-0.2, -0.15) is 13.2 Å². The molecule has 41 heavy (non-hydrogen) atoms. The normalized spacial score (nSPS) is 22.3. The van der Waals surface area contributed by atoms with Crippen molar-refractivity contribution >= 4 is 22.0 Å². The molecule has 4 rings (SSSR count). The fraction of sp³-hybridized carbons (Fsp3) is 0.517. The number of hydrogen-bond acceptors (Lipinski definition) is 5. The first-order valence-electron chi connectivity index (χ1n) is 13.7. The average molecular weight is 596 g/mol. The number of ether oxygens (including phenoxy) is 1. The number of nitrogens with zero attached hydrogens (tertiary/aromatic N) is 2. The predicted molar refractivity (Wildman–Crippen MR) is 146 cm³/mol. The molecule has 0 spiro atoms. The standard InChI is InChI=1S/C29H36F3N3O5S/c1-28(2,3)40-27(37)34-17-18-35(25(19-34)20-7-5-4-6-8-20)26(36)21-9-13-23(14-10-21)33-41(38,39)24-15-11-22(12-16-24)29(30,31)32/h4-8,11-12,15-16,21,23,25,33H,9-10,13-14,17-19H2,1-3H3/t21?,23?,25-/m1/s1. The zero-order chi connectivity index (χ0) is 30.0. The number of benzene rings is 2. The highest BCUT2D eigenvalue weighted by atomic mass is 32.2. The molecule has 12 heteroatoms. The first-order chi connectivity index (χ1) is 19.1. The van der Waals surface area contributed by atoms with Gasteiger partial charge in [-0.3, -0.25) is 4.79 Å². The van der Waals surface area contributed by atoms with Crippen LogP contribution in [0.25, 0.3) is 0 Å². The highest BCUT2D eigenvalue weighted by Crippen LogP contribution is 2.33. The lowest BCUT2D eigenvalue weighted by atomic mass is 9.85. The Morgan fingerprint density at radius 1 is 0.902 bits per heavy atom. The molecule has 2 aliphatic rings. The molecule has 224 valence electrons. The van der Waals surface area contributed by atoms with Gasteiger partial charge in [-0.05, 0) is 76.3 Å². The summed E-state index contributed by atoms with van der Waals surface area (Å²) in [6.07, 6.45) is -3.21. The van der Waals surface area contributed by atoms with Gasteiger partial charge in [0.1, 0.15) is 5.60 Å². The van der Waals surface area contributed by atoms with Gasteiger partial charge in [-0.25, -0.2) is 17.9 Å². The van der Waals surface area contributed by atoms with E-state index in [1.54, 1.807) is 25.7 Å². The molecule has 2 amide bonds. The van der Waals surface area contributed by atoms with Gasteiger partial charge < -0.3 is 14.5 Å². The maximum absolute atomic E-state index is 13.7. The van der Waals surface area contributed by atoms with E-state index >= 15 is 0 Å². The third-order valence-corrected chi connectivity index (χ3v) is 8.93. The molecule has 0 radical (unpaired) electrons. The molecule has 1 saturated heterocycles. The Labute approximate surface area is 238 Å². The van der Waals surface area contributed by atoms with Crippen LogP contribution in [0.5, 0.6) is 0 Å². The van der Waals surface area contributed by atoms with E-state index in [0.717, 1.165) is 29.8 Å². The summed E-state index contributed by atoms with van der Waals surface area (Å²) in [6, 6.07) is 12.1. The molecule has 2 aromatic rings. The van der Waals surface area contributed by atoms with Crippen molar-refractivity contribution in [1.82, 2.24) is 14.5 Å². The van der Waals surface area contributed by atoms with Crippen LogP contribution in [0.3, 0.4) is 0 Å². The molecule has 2 aromatic carbocycles. The van der Waals surface area contributed by atoms with Gasteiger partial charge in [0.2, 0.25) is 15.9 Å². The Morgan fingerprint density at radius 3 is 2.07 bits per heavy atom. The second-order valence-corrected chi connectivity index (χ2v) is 13.3.